The van der Waals surface area contributed by atoms with E-state index in [2.05, 4.69) is 21.3 Å². The molecule has 14 nitrogen and oxygen atoms in total. The number of hydrogen-bond donors (Lipinski definition) is 5. The SMILES string of the molecule is CCCOc1c(Cl)cc([C@@H](O)[C@H](NC(=O)[C@H](NC(C)=O)c2ccc(OC)cc2OC)C(=O)N[C@H](C(=O)NC)c2cc(OC)cc(OC)c2)cc1Cl. The van der Waals surface area contributed by atoms with E-state index in [4.69, 9.17) is 46.9 Å². The fourth-order valence-electron chi connectivity index (χ4n) is 5.03. The van der Waals surface area contributed by atoms with Crippen LogP contribution in [-0.4, -0.2) is 76.9 Å². The highest BCUT2D eigenvalue weighted by Gasteiger charge is 2.37. The standard InChI is InChI=1S/C35H42Cl2N4O10/c1-8-11-51-32-25(36)14-20(15-26(32)37)31(43)30(35(46)40-28(33(44)38-3)19-12-22(48-5)16-23(13-19)49-6)41-34(45)29(39-18(2)42)24-10-9-21(47-4)17-27(24)50-7/h9-10,12-17,28-31,43H,8,11H2,1-7H3,(H,38,44)(H,39,42)(H,40,46)(H,41,45)/t28-,29+,30-,31+/m0/s1. The van der Waals surface area contributed by atoms with Gasteiger partial charge in [-0.2, -0.15) is 0 Å². The first-order valence-corrected chi connectivity index (χ1v) is 16.4. The van der Waals surface area contributed by atoms with Crippen molar-refractivity contribution in [3.63, 3.8) is 0 Å². The quantitative estimate of drug-likeness (QED) is 0.136. The third-order valence-electron chi connectivity index (χ3n) is 7.57. The van der Waals surface area contributed by atoms with Gasteiger partial charge in [-0.25, -0.2) is 0 Å². The highest BCUT2D eigenvalue weighted by atomic mass is 35.5. The van der Waals surface area contributed by atoms with E-state index in [1.807, 2.05) is 6.92 Å². The summed E-state index contributed by atoms with van der Waals surface area (Å²) in [6.07, 6.45) is -1.13. The van der Waals surface area contributed by atoms with Crippen LogP contribution in [0.5, 0.6) is 28.7 Å². The number of likely N-dealkylation sites (N-methyl/N-ethyl adjacent to an activating group) is 1. The lowest BCUT2D eigenvalue weighted by Gasteiger charge is -2.29. The van der Waals surface area contributed by atoms with E-state index in [0.29, 0.717) is 30.3 Å². The average molecular weight is 750 g/mol. The van der Waals surface area contributed by atoms with E-state index < -0.39 is 47.9 Å². The molecule has 3 aromatic carbocycles. The Bertz CT molecular complexity index is 1680. The predicted octanol–water partition coefficient (Wildman–Crippen LogP) is 3.82. The molecule has 0 aliphatic rings. The van der Waals surface area contributed by atoms with Crippen LogP contribution in [0.2, 0.25) is 10.0 Å². The first kappa shape index (κ1) is 40.5. The van der Waals surface area contributed by atoms with Crippen molar-refractivity contribution in [2.75, 3.05) is 42.1 Å². The molecule has 0 radical (unpaired) electrons. The van der Waals surface area contributed by atoms with Crippen molar-refractivity contribution in [1.82, 2.24) is 21.3 Å². The Morgan fingerprint density at radius 2 is 1.33 bits per heavy atom. The number of aliphatic hydroxyl groups excluding tert-OH is 1. The molecule has 4 atom stereocenters. The van der Waals surface area contributed by atoms with Crippen LogP contribution in [0.25, 0.3) is 0 Å². The summed E-state index contributed by atoms with van der Waals surface area (Å²) in [5, 5.41) is 22.1. The number of halogens is 2. The Labute approximate surface area is 306 Å². The van der Waals surface area contributed by atoms with Crippen LogP contribution in [0.15, 0.2) is 48.5 Å². The molecule has 16 heteroatoms. The molecule has 276 valence electrons. The predicted molar refractivity (Wildman–Crippen MR) is 190 cm³/mol. The number of carbonyl (C=O) groups is 4. The molecular formula is C35H42Cl2N4O10. The van der Waals surface area contributed by atoms with Gasteiger partial charge in [0.05, 0.1) is 45.1 Å². The van der Waals surface area contributed by atoms with Crippen molar-refractivity contribution < 1.29 is 48.0 Å². The average Bonchev–Trinajstić information content (AvgIpc) is 3.13. The maximum Gasteiger partial charge on any atom is 0.248 e. The molecule has 0 unspecified atom stereocenters. The maximum atomic E-state index is 14.2. The highest BCUT2D eigenvalue weighted by Crippen LogP contribution is 2.37. The molecular weight excluding hydrogens is 707 g/mol. The molecule has 3 rings (SSSR count). The highest BCUT2D eigenvalue weighted by molar-refractivity contribution is 6.37. The van der Waals surface area contributed by atoms with Crippen LogP contribution in [0.4, 0.5) is 0 Å². The lowest BCUT2D eigenvalue weighted by atomic mass is 9.98. The van der Waals surface area contributed by atoms with Crippen LogP contribution < -0.4 is 45.0 Å². The van der Waals surface area contributed by atoms with Crippen molar-refractivity contribution in [3.05, 3.63) is 75.3 Å². The number of rotatable bonds is 17. The Balaban J connectivity index is 2.14. The summed E-state index contributed by atoms with van der Waals surface area (Å²) in [7, 11) is 7.04. The second-order valence-corrected chi connectivity index (χ2v) is 11.9. The van der Waals surface area contributed by atoms with Crippen molar-refractivity contribution in [2.45, 2.75) is 44.5 Å². The molecule has 5 N–H and O–H groups in total. The molecule has 0 bridgehead atoms. The van der Waals surface area contributed by atoms with Gasteiger partial charge >= 0.3 is 0 Å². The van der Waals surface area contributed by atoms with Crippen LogP contribution >= 0.6 is 23.2 Å². The minimum absolute atomic E-state index is 0.0342. The van der Waals surface area contributed by atoms with Gasteiger partial charge in [0.1, 0.15) is 47.2 Å². The van der Waals surface area contributed by atoms with Crippen LogP contribution in [-0.2, 0) is 19.2 Å². The lowest BCUT2D eigenvalue weighted by Crippen LogP contribution is -2.54. The van der Waals surface area contributed by atoms with Crippen molar-refractivity contribution >= 4 is 46.8 Å². The maximum absolute atomic E-state index is 14.2. The summed E-state index contributed by atoms with van der Waals surface area (Å²) in [5.74, 6) is -1.68. The Morgan fingerprint density at radius 3 is 1.84 bits per heavy atom. The molecule has 0 heterocycles. The van der Waals surface area contributed by atoms with E-state index in [1.54, 1.807) is 12.1 Å². The normalized spacial score (nSPS) is 13.1. The van der Waals surface area contributed by atoms with Crippen LogP contribution in [0, 0.1) is 0 Å². The second kappa shape index (κ2) is 18.9. The van der Waals surface area contributed by atoms with Crippen molar-refractivity contribution in [1.29, 1.82) is 0 Å². The topological polar surface area (TPSA) is 183 Å². The number of methoxy groups -OCH3 is 4. The van der Waals surface area contributed by atoms with E-state index in [-0.39, 0.29) is 38.2 Å². The number of carbonyl (C=O) groups excluding carboxylic acids is 4. The number of amides is 4. The van der Waals surface area contributed by atoms with Crippen LogP contribution in [0.1, 0.15) is 55.1 Å². The molecule has 0 saturated carbocycles. The van der Waals surface area contributed by atoms with Crippen LogP contribution in [0.3, 0.4) is 0 Å². The first-order chi connectivity index (χ1) is 24.3. The van der Waals surface area contributed by atoms with Crippen molar-refractivity contribution in [2.24, 2.45) is 0 Å². The molecule has 0 aliphatic carbocycles. The van der Waals surface area contributed by atoms with E-state index >= 15 is 0 Å². The number of aliphatic hydroxyl groups is 1. The van der Waals surface area contributed by atoms with Crippen molar-refractivity contribution in [3.8, 4) is 28.7 Å². The second-order valence-electron chi connectivity index (χ2n) is 11.0. The zero-order valence-electron chi connectivity index (χ0n) is 29.2. The largest absolute Gasteiger partial charge is 0.497 e. The van der Waals surface area contributed by atoms with Gasteiger partial charge < -0.3 is 50.1 Å². The minimum Gasteiger partial charge on any atom is -0.497 e. The minimum atomic E-state index is -1.80. The number of nitrogens with one attached hydrogen (secondary N) is 4. The molecule has 0 saturated heterocycles. The lowest BCUT2D eigenvalue weighted by molar-refractivity contribution is -0.136. The summed E-state index contributed by atoms with van der Waals surface area (Å²) in [4.78, 5) is 53.8. The molecule has 0 spiro atoms. The van der Waals surface area contributed by atoms with Gasteiger partial charge in [0.15, 0.2) is 5.75 Å². The summed E-state index contributed by atoms with van der Waals surface area (Å²) >= 11 is 13.0. The fourth-order valence-corrected chi connectivity index (χ4v) is 5.64. The Morgan fingerprint density at radius 1 is 0.725 bits per heavy atom. The molecule has 51 heavy (non-hydrogen) atoms. The fraction of sp³-hybridized carbons (Fsp3) is 0.371. The van der Waals surface area contributed by atoms with Gasteiger partial charge in [-0.3, -0.25) is 19.2 Å². The van der Waals surface area contributed by atoms with Gasteiger partial charge in [0.2, 0.25) is 23.6 Å². The summed E-state index contributed by atoms with van der Waals surface area (Å²) in [6.45, 7) is 3.42. The molecule has 4 amide bonds. The molecule has 0 aromatic heterocycles. The summed E-state index contributed by atoms with van der Waals surface area (Å²) in [6, 6.07) is 7.31. The molecule has 3 aromatic rings. The van der Waals surface area contributed by atoms with E-state index in [1.165, 1.54) is 78.8 Å². The number of ether oxygens (including phenoxy) is 5. The summed E-state index contributed by atoms with van der Waals surface area (Å²) < 4.78 is 27.0. The van der Waals surface area contributed by atoms with E-state index in [0.717, 1.165) is 0 Å². The Hall–Kier alpha value is -4.92. The Kier molecular flexibility index (Phi) is 15.0. The van der Waals surface area contributed by atoms with E-state index in [9.17, 15) is 24.3 Å². The van der Waals surface area contributed by atoms with Gasteiger partial charge in [-0.05, 0) is 53.9 Å². The number of hydrogen-bond acceptors (Lipinski definition) is 10. The summed E-state index contributed by atoms with van der Waals surface area (Å²) in [5.41, 5.74) is 0.517. The zero-order valence-corrected chi connectivity index (χ0v) is 30.7. The van der Waals surface area contributed by atoms with Gasteiger partial charge in [-0.15, -0.1) is 0 Å². The number of benzene rings is 3. The zero-order chi connectivity index (χ0) is 37.8. The smallest absolute Gasteiger partial charge is 0.248 e. The third kappa shape index (κ3) is 10.3. The molecule has 0 fully saturated rings. The first-order valence-electron chi connectivity index (χ1n) is 15.7. The molecule has 0 aliphatic heterocycles. The van der Waals surface area contributed by atoms with Gasteiger partial charge in [0, 0.05) is 31.7 Å². The monoisotopic (exact) mass is 748 g/mol. The third-order valence-corrected chi connectivity index (χ3v) is 8.13. The van der Waals surface area contributed by atoms with Gasteiger partial charge in [-0.1, -0.05) is 30.1 Å². The van der Waals surface area contributed by atoms with Gasteiger partial charge in [0.25, 0.3) is 0 Å².